The van der Waals surface area contributed by atoms with Crippen LogP contribution in [-0.4, -0.2) is 48.4 Å². The van der Waals surface area contributed by atoms with Crippen molar-refractivity contribution in [1.29, 1.82) is 0 Å². The number of amides is 2. The Morgan fingerprint density at radius 2 is 1.84 bits per heavy atom. The minimum Gasteiger partial charge on any atom is -0.444 e. The molecule has 5 aromatic rings. The number of benzene rings is 3. The molecule has 3 N–H and O–H groups in total. The lowest BCUT2D eigenvalue weighted by molar-refractivity contribution is 0.199. The van der Waals surface area contributed by atoms with Crippen LogP contribution in [0.5, 0.6) is 11.6 Å². The van der Waals surface area contributed by atoms with Crippen LogP contribution in [0.25, 0.3) is 11.5 Å². The number of anilines is 2. The third-order valence-electron chi connectivity index (χ3n) is 8.19. The fraction of sp³-hybridized carbons (Fsp3) is 0.229. The van der Waals surface area contributed by atoms with E-state index < -0.39 is 27.7 Å². The first-order chi connectivity index (χ1) is 23.5. The van der Waals surface area contributed by atoms with Gasteiger partial charge >= 0.3 is 6.03 Å². The van der Waals surface area contributed by atoms with Crippen molar-refractivity contribution in [3.05, 3.63) is 120 Å². The average Bonchev–Trinajstić information content (AvgIpc) is 3.60. The number of carbonyl (C=O) groups excluding carboxylic acids is 1. The van der Waals surface area contributed by atoms with Gasteiger partial charge < -0.3 is 14.5 Å². The Kier molecular flexibility index (Phi) is 9.99. The molecule has 14 heteroatoms. The number of nitrogens with two attached hydrogens (primary N) is 1. The Labute approximate surface area is 282 Å². The van der Waals surface area contributed by atoms with Crippen molar-refractivity contribution >= 4 is 27.4 Å². The number of nitrogens with zero attached hydrogens (tertiary/aromatic N) is 4. The van der Waals surface area contributed by atoms with Gasteiger partial charge in [-0.05, 0) is 79.4 Å². The second-order valence-electron chi connectivity index (χ2n) is 11.8. The minimum atomic E-state index is -3.62. The maximum Gasteiger partial charge on any atom is 0.326 e. The molecular formula is C35H34F2N6O5S. The summed E-state index contributed by atoms with van der Waals surface area (Å²) in [5.41, 5.74) is 3.24. The number of sulfonamides is 1. The number of oxazole rings is 1. The topological polar surface area (TPSA) is 144 Å². The zero-order valence-corrected chi connectivity index (χ0v) is 27.4. The normalized spacial score (nSPS) is 14.0. The number of urea groups is 1. The maximum absolute atomic E-state index is 14.5. The van der Waals surface area contributed by atoms with Crippen molar-refractivity contribution in [3.8, 4) is 23.1 Å². The number of pyridine rings is 1. The molecule has 0 unspecified atom stereocenters. The molecule has 11 nitrogen and oxygen atoms in total. The van der Waals surface area contributed by atoms with E-state index in [9.17, 15) is 22.0 Å². The molecule has 254 valence electrons. The molecule has 1 aliphatic heterocycles. The first-order valence-electron chi connectivity index (χ1n) is 15.5. The maximum atomic E-state index is 14.5. The van der Waals surface area contributed by atoms with Gasteiger partial charge in [0.05, 0.1) is 17.5 Å². The summed E-state index contributed by atoms with van der Waals surface area (Å²) >= 11 is 0. The van der Waals surface area contributed by atoms with E-state index in [1.54, 1.807) is 47.4 Å². The van der Waals surface area contributed by atoms with Gasteiger partial charge in [0.15, 0.2) is 0 Å². The van der Waals surface area contributed by atoms with Gasteiger partial charge in [-0.25, -0.2) is 37.1 Å². The van der Waals surface area contributed by atoms with Crippen LogP contribution in [0.1, 0.15) is 29.7 Å². The lowest BCUT2D eigenvalue weighted by Crippen LogP contribution is -2.49. The lowest BCUT2D eigenvalue weighted by atomic mass is 10.0. The SMILES string of the molecule is Cc1nc(Oc2ccc(CS(N)(=O)=O)cc2)ccc1CN1CCC(N(C(=O)Nc2ccc(F)c(-c3ncco3)c2)c2cccc(F)c2)CC1. The van der Waals surface area contributed by atoms with Crippen molar-refractivity contribution in [1.82, 2.24) is 14.9 Å². The van der Waals surface area contributed by atoms with E-state index in [0.29, 0.717) is 61.0 Å². The quantitative estimate of drug-likeness (QED) is 0.167. The number of aromatic nitrogens is 2. The number of primary sulfonamides is 1. The van der Waals surface area contributed by atoms with Crippen molar-refractivity contribution < 1.29 is 31.1 Å². The molecule has 0 radical (unpaired) electrons. The van der Waals surface area contributed by atoms with Crippen LogP contribution in [0.3, 0.4) is 0 Å². The molecule has 49 heavy (non-hydrogen) atoms. The van der Waals surface area contributed by atoms with Gasteiger partial charge in [-0.1, -0.05) is 24.3 Å². The highest BCUT2D eigenvalue weighted by Crippen LogP contribution is 2.29. The number of ether oxygens (including phenoxy) is 1. The van der Waals surface area contributed by atoms with Crippen LogP contribution in [0.4, 0.5) is 25.0 Å². The average molecular weight is 689 g/mol. The highest BCUT2D eigenvalue weighted by molar-refractivity contribution is 7.88. The molecule has 0 aliphatic carbocycles. The van der Waals surface area contributed by atoms with E-state index in [4.69, 9.17) is 14.3 Å². The highest BCUT2D eigenvalue weighted by Gasteiger charge is 2.30. The van der Waals surface area contributed by atoms with Gasteiger partial charge in [-0.3, -0.25) is 9.80 Å². The molecular weight excluding hydrogens is 654 g/mol. The van der Waals surface area contributed by atoms with Crippen LogP contribution in [-0.2, 0) is 22.3 Å². The summed E-state index contributed by atoms with van der Waals surface area (Å²) in [6.45, 7) is 3.90. The fourth-order valence-electron chi connectivity index (χ4n) is 5.80. The number of likely N-dealkylation sites (tertiary alicyclic amines) is 1. The Hall–Kier alpha value is -5.18. The monoisotopic (exact) mass is 688 g/mol. The number of nitrogens with one attached hydrogen (secondary N) is 1. The third-order valence-corrected chi connectivity index (χ3v) is 8.92. The smallest absolute Gasteiger partial charge is 0.326 e. The standard InChI is InChI=1S/C35H34F2N6O5S/c1-23-25(7-12-33(40-23)48-30-9-5-24(6-10-30)22-49(38,45)46)21-42-16-13-28(14-17-42)43(29-4-2-3-26(36)19-29)35(44)41-27-8-11-32(37)31(20-27)34-39-15-18-47-34/h2-12,15,18-20,28H,13-14,16-17,21-22H2,1H3,(H,41,44)(H2,38,45,46). The van der Waals surface area contributed by atoms with Gasteiger partial charge in [0.25, 0.3) is 0 Å². The number of piperidine rings is 1. The summed E-state index contributed by atoms with van der Waals surface area (Å²) in [7, 11) is -3.62. The molecule has 0 bridgehead atoms. The molecule has 1 saturated heterocycles. The van der Waals surface area contributed by atoms with E-state index in [2.05, 4.69) is 20.2 Å². The molecule has 0 atom stereocenters. The number of carbonyl (C=O) groups is 1. The fourth-order valence-corrected chi connectivity index (χ4v) is 6.46. The minimum absolute atomic E-state index is 0.0881. The number of halogens is 2. The van der Waals surface area contributed by atoms with Crippen molar-refractivity contribution in [2.75, 3.05) is 23.3 Å². The molecule has 1 aliphatic rings. The molecule has 1 fully saturated rings. The van der Waals surface area contributed by atoms with E-state index in [0.717, 1.165) is 11.3 Å². The molecule has 6 rings (SSSR count). The van der Waals surface area contributed by atoms with E-state index in [1.807, 2.05) is 13.0 Å². The number of rotatable bonds is 10. The molecule has 3 heterocycles. The Balaban J connectivity index is 1.10. The van der Waals surface area contributed by atoms with Gasteiger partial charge in [0.1, 0.15) is 23.6 Å². The number of hydrogen-bond donors (Lipinski definition) is 2. The summed E-state index contributed by atoms with van der Waals surface area (Å²) in [5, 5.41) is 7.96. The van der Waals surface area contributed by atoms with E-state index in [-0.39, 0.29) is 23.2 Å². The summed E-state index contributed by atoms with van der Waals surface area (Å²) in [4.78, 5) is 26.2. The van der Waals surface area contributed by atoms with Gasteiger partial charge in [-0.2, -0.15) is 0 Å². The summed E-state index contributed by atoms with van der Waals surface area (Å²) < 4.78 is 62.6. The van der Waals surface area contributed by atoms with Gasteiger partial charge in [0.2, 0.25) is 21.8 Å². The van der Waals surface area contributed by atoms with Crippen LogP contribution in [0.15, 0.2) is 95.7 Å². The third kappa shape index (κ3) is 8.65. The molecule has 3 aromatic carbocycles. The molecule has 2 amide bonds. The summed E-state index contributed by atoms with van der Waals surface area (Å²) in [5.74, 6) is -0.253. The van der Waals surface area contributed by atoms with Crippen LogP contribution in [0.2, 0.25) is 0 Å². The molecule has 0 spiro atoms. The molecule has 2 aromatic heterocycles. The first kappa shape index (κ1) is 33.7. The van der Waals surface area contributed by atoms with Gasteiger partial charge in [-0.15, -0.1) is 0 Å². The van der Waals surface area contributed by atoms with Crippen molar-refractivity contribution in [3.63, 3.8) is 0 Å². The van der Waals surface area contributed by atoms with E-state index >= 15 is 0 Å². The Morgan fingerprint density at radius 3 is 2.51 bits per heavy atom. The van der Waals surface area contributed by atoms with Crippen LogP contribution < -0.4 is 20.1 Å². The largest absolute Gasteiger partial charge is 0.444 e. The number of hydrogen-bond acceptors (Lipinski definition) is 8. The molecule has 0 saturated carbocycles. The predicted molar refractivity (Wildman–Crippen MR) is 180 cm³/mol. The van der Waals surface area contributed by atoms with Crippen molar-refractivity contribution in [2.24, 2.45) is 5.14 Å². The van der Waals surface area contributed by atoms with Crippen LogP contribution >= 0.6 is 0 Å². The van der Waals surface area contributed by atoms with E-state index in [1.165, 1.54) is 42.8 Å². The predicted octanol–water partition coefficient (Wildman–Crippen LogP) is 6.61. The Morgan fingerprint density at radius 1 is 1.06 bits per heavy atom. The second kappa shape index (κ2) is 14.5. The number of aryl methyl sites for hydroxylation is 1. The lowest BCUT2D eigenvalue weighted by Gasteiger charge is -2.38. The van der Waals surface area contributed by atoms with Gasteiger partial charge in [0, 0.05) is 48.8 Å². The van der Waals surface area contributed by atoms with Crippen molar-refractivity contribution in [2.45, 2.75) is 38.1 Å². The van der Waals surface area contributed by atoms with Crippen LogP contribution in [0, 0.1) is 18.6 Å². The zero-order chi connectivity index (χ0) is 34.5. The highest BCUT2D eigenvalue weighted by atomic mass is 32.2. The first-order valence-corrected chi connectivity index (χ1v) is 17.2. The summed E-state index contributed by atoms with van der Waals surface area (Å²) in [6.07, 6.45) is 4.00. The Bertz CT molecular complexity index is 2040. The zero-order valence-electron chi connectivity index (χ0n) is 26.6. The second-order valence-corrected chi connectivity index (χ2v) is 13.4. The summed E-state index contributed by atoms with van der Waals surface area (Å²) in [6, 6.07) is 19.7.